The normalized spacial score (nSPS) is 21.1. The lowest BCUT2D eigenvalue weighted by molar-refractivity contribution is -0.144. The third kappa shape index (κ3) is 3.70. The summed E-state index contributed by atoms with van der Waals surface area (Å²) in [5.74, 6) is -0.826. The Labute approximate surface area is 166 Å². The van der Waals surface area contributed by atoms with Gasteiger partial charge < -0.3 is 0 Å². The maximum absolute atomic E-state index is 12.8. The first kappa shape index (κ1) is 19.1. The number of nitrogens with zero attached hydrogens (tertiary/aromatic N) is 3. The molecular weight excluding hydrogens is 354 g/mol. The molecule has 0 radical (unpaired) electrons. The van der Waals surface area contributed by atoms with Crippen LogP contribution in [-0.4, -0.2) is 51.3 Å². The van der Waals surface area contributed by atoms with Gasteiger partial charge in [0.2, 0.25) is 0 Å². The standard InChI is InChI=1S/C22H29N3O3/c1-15(2)17-9-7-16(8-10-17)13-23(18-11-12-18)14-24-20(26)21(27)25(22(24)28)19-5-3-4-6-19/h7-10,15,18-19H,3-6,11-14H2,1-2H3. The summed E-state index contributed by atoms with van der Waals surface area (Å²) < 4.78 is 0. The van der Waals surface area contributed by atoms with Crippen LogP contribution in [0.4, 0.5) is 4.79 Å². The van der Waals surface area contributed by atoms with Gasteiger partial charge in [0.15, 0.2) is 0 Å². The van der Waals surface area contributed by atoms with Gasteiger partial charge in [0, 0.05) is 18.6 Å². The van der Waals surface area contributed by atoms with Gasteiger partial charge in [0.1, 0.15) is 0 Å². The molecule has 1 aromatic rings. The number of hydrogen-bond donors (Lipinski definition) is 0. The molecule has 6 nitrogen and oxygen atoms in total. The van der Waals surface area contributed by atoms with Crippen molar-refractivity contribution in [3.63, 3.8) is 0 Å². The fourth-order valence-electron chi connectivity index (χ4n) is 4.29. The van der Waals surface area contributed by atoms with E-state index in [0.29, 0.717) is 18.5 Å². The van der Waals surface area contributed by atoms with Crippen LogP contribution >= 0.6 is 0 Å². The van der Waals surface area contributed by atoms with E-state index >= 15 is 0 Å². The predicted octanol–water partition coefficient (Wildman–Crippen LogP) is 3.47. The molecule has 0 unspecified atom stereocenters. The molecule has 0 aromatic heterocycles. The zero-order chi connectivity index (χ0) is 19.8. The van der Waals surface area contributed by atoms with Crippen LogP contribution in [0.15, 0.2) is 24.3 Å². The van der Waals surface area contributed by atoms with Crippen LogP contribution in [0.1, 0.15) is 69.4 Å². The van der Waals surface area contributed by atoms with Gasteiger partial charge >= 0.3 is 17.8 Å². The highest BCUT2D eigenvalue weighted by atomic mass is 16.2. The number of benzene rings is 1. The largest absolute Gasteiger partial charge is 0.335 e. The van der Waals surface area contributed by atoms with E-state index in [1.165, 1.54) is 10.5 Å². The number of urea groups is 1. The van der Waals surface area contributed by atoms with Crippen LogP contribution in [0.2, 0.25) is 0 Å². The number of carbonyl (C=O) groups is 3. The molecule has 3 aliphatic rings. The van der Waals surface area contributed by atoms with Crippen LogP contribution in [-0.2, 0) is 16.1 Å². The average Bonchev–Trinajstić information content (AvgIpc) is 3.35. The Morgan fingerprint density at radius 3 is 2.18 bits per heavy atom. The second kappa shape index (κ2) is 7.66. The van der Waals surface area contributed by atoms with Gasteiger partial charge in [-0.1, -0.05) is 51.0 Å². The minimum absolute atomic E-state index is 0.105. The fraction of sp³-hybridized carbons (Fsp3) is 0.591. The monoisotopic (exact) mass is 383 g/mol. The highest BCUT2D eigenvalue weighted by molar-refractivity contribution is 6.44. The molecule has 4 amide bonds. The summed E-state index contributed by atoms with van der Waals surface area (Å²) in [6, 6.07) is 8.36. The van der Waals surface area contributed by atoms with E-state index in [9.17, 15) is 14.4 Å². The summed E-state index contributed by atoms with van der Waals surface area (Å²) in [5, 5.41) is 0. The van der Waals surface area contributed by atoms with Gasteiger partial charge in [-0.15, -0.1) is 0 Å². The maximum atomic E-state index is 12.8. The summed E-state index contributed by atoms with van der Waals surface area (Å²) in [6.45, 7) is 5.22. The highest BCUT2D eigenvalue weighted by Gasteiger charge is 2.49. The van der Waals surface area contributed by atoms with Gasteiger partial charge in [0.05, 0.1) is 6.67 Å². The Morgan fingerprint density at radius 2 is 1.61 bits per heavy atom. The van der Waals surface area contributed by atoms with E-state index in [1.54, 1.807) is 0 Å². The third-order valence-corrected chi connectivity index (χ3v) is 6.19. The quantitative estimate of drug-likeness (QED) is 0.534. The third-order valence-electron chi connectivity index (χ3n) is 6.19. The van der Waals surface area contributed by atoms with Crippen LogP contribution < -0.4 is 0 Å². The van der Waals surface area contributed by atoms with Gasteiger partial charge in [0.25, 0.3) is 0 Å². The summed E-state index contributed by atoms with van der Waals surface area (Å²) in [6.07, 6.45) is 5.79. The molecule has 4 rings (SSSR count). The van der Waals surface area contributed by atoms with E-state index in [2.05, 4.69) is 43.0 Å². The molecule has 2 aliphatic carbocycles. The summed E-state index contributed by atoms with van der Waals surface area (Å²) >= 11 is 0. The van der Waals surface area contributed by atoms with Gasteiger partial charge in [-0.3, -0.25) is 19.4 Å². The summed E-state index contributed by atoms with van der Waals surface area (Å²) in [5.41, 5.74) is 2.46. The molecule has 0 spiro atoms. The molecule has 0 N–H and O–H groups in total. The molecule has 150 valence electrons. The van der Waals surface area contributed by atoms with Crippen LogP contribution in [0.3, 0.4) is 0 Å². The van der Waals surface area contributed by atoms with E-state index < -0.39 is 17.8 Å². The second-order valence-electron chi connectivity index (χ2n) is 8.64. The topological polar surface area (TPSA) is 60.9 Å². The Bertz CT molecular complexity index is 764. The smallest absolute Gasteiger partial charge is 0.278 e. The minimum atomic E-state index is -0.669. The predicted molar refractivity (Wildman–Crippen MR) is 105 cm³/mol. The number of imide groups is 2. The summed E-state index contributed by atoms with van der Waals surface area (Å²) in [4.78, 5) is 42.3. The molecular formula is C22H29N3O3. The maximum Gasteiger partial charge on any atom is 0.335 e. The molecule has 6 heteroatoms. The lowest BCUT2D eigenvalue weighted by Gasteiger charge is -2.27. The number of amides is 4. The van der Waals surface area contributed by atoms with E-state index in [0.717, 1.165) is 49.0 Å². The van der Waals surface area contributed by atoms with Crippen molar-refractivity contribution in [3.05, 3.63) is 35.4 Å². The lowest BCUT2D eigenvalue weighted by Crippen LogP contribution is -2.44. The van der Waals surface area contributed by atoms with Crippen molar-refractivity contribution >= 4 is 17.8 Å². The Morgan fingerprint density at radius 1 is 0.964 bits per heavy atom. The number of hydrogen-bond acceptors (Lipinski definition) is 4. The second-order valence-corrected chi connectivity index (χ2v) is 8.64. The average molecular weight is 383 g/mol. The molecule has 3 fully saturated rings. The zero-order valence-electron chi connectivity index (χ0n) is 16.8. The molecule has 1 aromatic carbocycles. The van der Waals surface area contributed by atoms with Crippen molar-refractivity contribution in [2.24, 2.45) is 0 Å². The molecule has 0 atom stereocenters. The molecule has 1 saturated heterocycles. The van der Waals surface area contributed by atoms with Crippen molar-refractivity contribution in [2.45, 2.75) is 76.9 Å². The SMILES string of the molecule is CC(C)c1ccc(CN(CN2C(=O)C(=O)N(C3CCCC3)C2=O)C2CC2)cc1. The first-order valence-electron chi connectivity index (χ1n) is 10.5. The Kier molecular flexibility index (Phi) is 5.23. The van der Waals surface area contributed by atoms with Crippen molar-refractivity contribution < 1.29 is 14.4 Å². The summed E-state index contributed by atoms with van der Waals surface area (Å²) in [7, 11) is 0. The minimum Gasteiger partial charge on any atom is -0.278 e. The van der Waals surface area contributed by atoms with Gasteiger partial charge in [-0.05, 0) is 42.7 Å². The molecule has 1 heterocycles. The fourth-order valence-corrected chi connectivity index (χ4v) is 4.29. The molecule has 0 bridgehead atoms. The van der Waals surface area contributed by atoms with Crippen LogP contribution in [0.25, 0.3) is 0 Å². The highest BCUT2D eigenvalue weighted by Crippen LogP contribution is 2.31. The molecule has 28 heavy (non-hydrogen) atoms. The van der Waals surface area contributed by atoms with Crippen molar-refractivity contribution in [1.29, 1.82) is 0 Å². The van der Waals surface area contributed by atoms with Crippen molar-refractivity contribution in [3.8, 4) is 0 Å². The zero-order valence-corrected chi connectivity index (χ0v) is 16.8. The van der Waals surface area contributed by atoms with E-state index in [1.807, 2.05) is 0 Å². The first-order valence-corrected chi connectivity index (χ1v) is 10.5. The van der Waals surface area contributed by atoms with Crippen LogP contribution in [0, 0.1) is 0 Å². The first-order chi connectivity index (χ1) is 13.5. The Balaban J connectivity index is 1.46. The van der Waals surface area contributed by atoms with E-state index in [-0.39, 0.29) is 12.7 Å². The Hall–Kier alpha value is -2.21. The number of rotatable bonds is 7. The molecule has 1 aliphatic heterocycles. The van der Waals surface area contributed by atoms with Crippen molar-refractivity contribution in [2.75, 3.05) is 6.67 Å². The van der Waals surface area contributed by atoms with E-state index in [4.69, 9.17) is 0 Å². The van der Waals surface area contributed by atoms with Gasteiger partial charge in [-0.2, -0.15) is 0 Å². The number of carbonyl (C=O) groups excluding carboxylic acids is 3. The lowest BCUT2D eigenvalue weighted by atomic mass is 10.0. The van der Waals surface area contributed by atoms with Crippen LogP contribution in [0.5, 0.6) is 0 Å². The molecule has 2 saturated carbocycles. The van der Waals surface area contributed by atoms with Gasteiger partial charge in [-0.25, -0.2) is 9.69 Å². The van der Waals surface area contributed by atoms with Crippen molar-refractivity contribution in [1.82, 2.24) is 14.7 Å².